The summed E-state index contributed by atoms with van der Waals surface area (Å²) in [4.78, 5) is 15.3. The number of H-pyrrole nitrogens is 1. The van der Waals surface area contributed by atoms with E-state index in [0.29, 0.717) is 48.2 Å². The standard InChI is InChI=1S/C25H27N3O5/c1-3-32-19-11-10-15(13-20(19)31-2)24-21-22(17-8-4-5-9-18(17)29)26-27-23(21)25(30)28(24)14-16-7-6-12-33-16/h4-5,8-11,13,16,24,29H,3,6-7,12,14H2,1-2H3,(H,26,27)/t16-,24+/m1/s1. The molecule has 0 aliphatic carbocycles. The molecular weight excluding hydrogens is 422 g/mol. The molecule has 3 heterocycles. The fraction of sp³-hybridized carbons (Fsp3) is 0.360. The van der Waals surface area contributed by atoms with E-state index in [4.69, 9.17) is 14.2 Å². The number of aromatic amines is 1. The van der Waals surface area contributed by atoms with Crippen molar-refractivity contribution in [3.63, 3.8) is 0 Å². The lowest BCUT2D eigenvalue weighted by atomic mass is 9.95. The number of phenols is 1. The van der Waals surface area contributed by atoms with Crippen LogP contribution >= 0.6 is 0 Å². The van der Waals surface area contributed by atoms with Crippen LogP contribution in [0.2, 0.25) is 0 Å². The van der Waals surface area contributed by atoms with Crippen LogP contribution in [0.15, 0.2) is 42.5 Å². The summed E-state index contributed by atoms with van der Waals surface area (Å²) in [7, 11) is 1.60. The average molecular weight is 450 g/mol. The van der Waals surface area contributed by atoms with Gasteiger partial charge in [0.2, 0.25) is 0 Å². The van der Waals surface area contributed by atoms with Crippen LogP contribution in [0.25, 0.3) is 11.3 Å². The zero-order valence-corrected chi connectivity index (χ0v) is 18.7. The highest BCUT2D eigenvalue weighted by atomic mass is 16.5. The maximum Gasteiger partial charge on any atom is 0.273 e. The topological polar surface area (TPSA) is 96.9 Å². The van der Waals surface area contributed by atoms with E-state index in [1.165, 1.54) is 0 Å². The molecule has 172 valence electrons. The average Bonchev–Trinajstić information content (AvgIpc) is 3.55. The monoisotopic (exact) mass is 449 g/mol. The Kier molecular flexibility index (Phi) is 5.68. The summed E-state index contributed by atoms with van der Waals surface area (Å²) in [5.41, 5.74) is 3.18. The third kappa shape index (κ3) is 3.70. The van der Waals surface area contributed by atoms with E-state index in [1.54, 1.807) is 25.3 Å². The van der Waals surface area contributed by atoms with Crippen LogP contribution in [0.3, 0.4) is 0 Å². The summed E-state index contributed by atoms with van der Waals surface area (Å²) < 4.78 is 17.1. The van der Waals surface area contributed by atoms with Crippen LogP contribution in [0.4, 0.5) is 0 Å². The van der Waals surface area contributed by atoms with Crippen molar-refractivity contribution in [3.8, 4) is 28.5 Å². The second kappa shape index (κ2) is 8.78. The Hall–Kier alpha value is -3.52. The van der Waals surface area contributed by atoms with E-state index in [0.717, 1.165) is 24.0 Å². The number of fused-ring (bicyclic) bond motifs is 1. The second-order valence-corrected chi connectivity index (χ2v) is 8.22. The number of nitrogens with one attached hydrogen (secondary N) is 1. The van der Waals surface area contributed by atoms with Gasteiger partial charge in [0, 0.05) is 24.3 Å². The first kappa shape index (κ1) is 21.3. The zero-order valence-electron chi connectivity index (χ0n) is 18.7. The number of methoxy groups -OCH3 is 1. The van der Waals surface area contributed by atoms with E-state index in [2.05, 4.69) is 10.2 Å². The molecule has 5 rings (SSSR count). The van der Waals surface area contributed by atoms with E-state index in [1.807, 2.05) is 36.1 Å². The predicted molar refractivity (Wildman–Crippen MR) is 122 cm³/mol. The Balaban J connectivity index is 1.64. The molecule has 0 bridgehead atoms. The second-order valence-electron chi connectivity index (χ2n) is 8.22. The number of rotatable bonds is 7. The number of hydrogen-bond donors (Lipinski definition) is 2. The highest BCUT2D eigenvalue weighted by Crippen LogP contribution is 2.46. The van der Waals surface area contributed by atoms with Crippen molar-refractivity contribution in [2.45, 2.75) is 31.9 Å². The van der Waals surface area contributed by atoms with E-state index in [-0.39, 0.29) is 17.8 Å². The molecule has 3 aromatic rings. The molecule has 0 radical (unpaired) electrons. The van der Waals surface area contributed by atoms with Gasteiger partial charge in [-0.15, -0.1) is 0 Å². The van der Waals surface area contributed by atoms with Crippen molar-refractivity contribution in [1.82, 2.24) is 15.1 Å². The Morgan fingerprint density at radius 1 is 1.24 bits per heavy atom. The molecule has 0 spiro atoms. The smallest absolute Gasteiger partial charge is 0.273 e. The molecule has 0 unspecified atom stereocenters. The number of phenolic OH excluding ortho intramolecular Hbond substituents is 1. The maximum atomic E-state index is 13.5. The Morgan fingerprint density at radius 3 is 2.82 bits per heavy atom. The molecule has 2 aliphatic rings. The molecule has 2 atom stereocenters. The zero-order chi connectivity index (χ0) is 22.9. The summed E-state index contributed by atoms with van der Waals surface area (Å²) >= 11 is 0. The quantitative estimate of drug-likeness (QED) is 0.568. The van der Waals surface area contributed by atoms with Gasteiger partial charge < -0.3 is 24.2 Å². The third-order valence-corrected chi connectivity index (χ3v) is 6.25. The lowest BCUT2D eigenvalue weighted by molar-refractivity contribution is 0.0495. The predicted octanol–water partition coefficient (Wildman–Crippen LogP) is 3.91. The van der Waals surface area contributed by atoms with Crippen LogP contribution in [-0.4, -0.2) is 59.1 Å². The molecule has 1 saturated heterocycles. The van der Waals surface area contributed by atoms with Crippen LogP contribution in [0, 0.1) is 0 Å². The highest BCUT2D eigenvalue weighted by Gasteiger charge is 2.44. The number of benzene rings is 2. The van der Waals surface area contributed by atoms with Crippen molar-refractivity contribution in [3.05, 3.63) is 59.3 Å². The number of carbonyl (C=O) groups is 1. The SMILES string of the molecule is CCOc1ccc([C@H]2c3c(-c4ccccc4O)n[nH]c3C(=O)N2C[C@H]2CCCO2)cc1OC. The molecular formula is C25H27N3O5. The Bertz CT molecular complexity index is 1170. The fourth-order valence-corrected chi connectivity index (χ4v) is 4.75. The molecule has 1 fully saturated rings. The van der Waals surface area contributed by atoms with E-state index in [9.17, 15) is 9.90 Å². The number of aromatic hydroxyl groups is 1. The van der Waals surface area contributed by atoms with Crippen molar-refractivity contribution in [1.29, 1.82) is 0 Å². The number of carbonyl (C=O) groups excluding carboxylic acids is 1. The molecule has 1 amide bonds. The van der Waals surface area contributed by atoms with Gasteiger partial charge in [0.1, 0.15) is 17.1 Å². The number of ether oxygens (including phenoxy) is 3. The minimum absolute atomic E-state index is 0.00779. The van der Waals surface area contributed by atoms with Gasteiger partial charge in [-0.3, -0.25) is 9.89 Å². The highest BCUT2D eigenvalue weighted by molar-refractivity contribution is 6.00. The Labute approximate surface area is 192 Å². The largest absolute Gasteiger partial charge is 0.507 e. The van der Waals surface area contributed by atoms with E-state index < -0.39 is 6.04 Å². The Morgan fingerprint density at radius 2 is 2.09 bits per heavy atom. The summed E-state index contributed by atoms with van der Waals surface area (Å²) in [6.45, 7) is 3.63. The van der Waals surface area contributed by atoms with Gasteiger partial charge in [-0.2, -0.15) is 5.10 Å². The van der Waals surface area contributed by atoms with Gasteiger partial charge in [-0.05, 0) is 49.6 Å². The minimum Gasteiger partial charge on any atom is -0.507 e. The molecule has 2 N–H and O–H groups in total. The van der Waals surface area contributed by atoms with Crippen LogP contribution in [0.5, 0.6) is 17.2 Å². The third-order valence-electron chi connectivity index (χ3n) is 6.25. The summed E-state index contributed by atoms with van der Waals surface area (Å²) in [5, 5.41) is 17.9. The number of para-hydroxylation sites is 1. The first-order valence-corrected chi connectivity index (χ1v) is 11.2. The van der Waals surface area contributed by atoms with Crippen molar-refractivity contribution >= 4 is 5.91 Å². The van der Waals surface area contributed by atoms with Gasteiger partial charge in [0.05, 0.1) is 25.9 Å². The van der Waals surface area contributed by atoms with Crippen molar-refractivity contribution in [2.24, 2.45) is 0 Å². The first-order valence-electron chi connectivity index (χ1n) is 11.2. The molecule has 2 aliphatic heterocycles. The first-order chi connectivity index (χ1) is 16.1. The van der Waals surface area contributed by atoms with Crippen LogP contribution in [0.1, 0.15) is 47.4 Å². The number of hydrogen-bond acceptors (Lipinski definition) is 6. The van der Waals surface area contributed by atoms with Crippen LogP contribution < -0.4 is 9.47 Å². The molecule has 2 aromatic carbocycles. The maximum absolute atomic E-state index is 13.5. The van der Waals surface area contributed by atoms with E-state index >= 15 is 0 Å². The van der Waals surface area contributed by atoms with Gasteiger partial charge in [0.25, 0.3) is 5.91 Å². The lowest BCUT2D eigenvalue weighted by Gasteiger charge is -2.29. The number of amides is 1. The van der Waals surface area contributed by atoms with Gasteiger partial charge >= 0.3 is 0 Å². The molecule has 0 saturated carbocycles. The molecule has 8 heteroatoms. The fourth-order valence-electron chi connectivity index (χ4n) is 4.75. The summed E-state index contributed by atoms with van der Waals surface area (Å²) in [6.07, 6.45) is 1.90. The summed E-state index contributed by atoms with van der Waals surface area (Å²) in [6, 6.07) is 12.3. The molecule has 33 heavy (non-hydrogen) atoms. The minimum atomic E-state index is -0.408. The summed E-state index contributed by atoms with van der Waals surface area (Å²) in [5.74, 6) is 1.22. The van der Waals surface area contributed by atoms with Gasteiger partial charge in [0.15, 0.2) is 11.5 Å². The van der Waals surface area contributed by atoms with Crippen molar-refractivity contribution < 1.29 is 24.1 Å². The molecule has 8 nitrogen and oxygen atoms in total. The van der Waals surface area contributed by atoms with Crippen LogP contribution in [-0.2, 0) is 4.74 Å². The number of aromatic nitrogens is 2. The van der Waals surface area contributed by atoms with Gasteiger partial charge in [-0.1, -0.05) is 18.2 Å². The van der Waals surface area contributed by atoms with Crippen molar-refractivity contribution in [2.75, 3.05) is 26.9 Å². The number of nitrogens with zero attached hydrogens (tertiary/aromatic N) is 2. The van der Waals surface area contributed by atoms with Gasteiger partial charge in [-0.25, -0.2) is 0 Å². The molecule has 1 aromatic heterocycles. The normalized spacial score (nSPS) is 19.7. The lowest BCUT2D eigenvalue weighted by Crippen LogP contribution is -2.36.